The summed E-state index contributed by atoms with van der Waals surface area (Å²) in [5, 5.41) is 0. The molecule has 1 fully saturated rings. The van der Waals surface area contributed by atoms with Crippen LogP contribution in [-0.2, 0) is 4.79 Å². The van der Waals surface area contributed by atoms with Crippen LogP contribution >= 0.6 is 0 Å². The van der Waals surface area contributed by atoms with E-state index in [2.05, 4.69) is 0 Å². The molecule has 2 atom stereocenters. The average molecular weight is 232 g/mol. The molecule has 0 bridgehead atoms. The first-order valence-electron chi connectivity index (χ1n) is 5.64. The lowest BCUT2D eigenvalue weighted by Gasteiger charge is -2.43. The summed E-state index contributed by atoms with van der Waals surface area (Å²) in [7, 11) is 0. The van der Waals surface area contributed by atoms with Gasteiger partial charge in [-0.25, -0.2) is 0 Å². The minimum absolute atomic E-state index is 0.137. The van der Waals surface area contributed by atoms with E-state index in [0.29, 0.717) is 24.8 Å². The van der Waals surface area contributed by atoms with Gasteiger partial charge in [0.2, 0.25) is 0 Å². The van der Waals surface area contributed by atoms with Crippen LogP contribution in [-0.4, -0.2) is 12.0 Å². The van der Waals surface area contributed by atoms with E-state index in [1.807, 2.05) is 6.92 Å². The highest BCUT2D eigenvalue weighted by Crippen LogP contribution is 2.53. The first kappa shape index (κ1) is 11.7. The summed E-state index contributed by atoms with van der Waals surface area (Å²) >= 11 is 0. The number of carbonyl (C=O) groups excluding carboxylic acids is 1. The van der Waals surface area contributed by atoms with E-state index >= 15 is 0 Å². The molecule has 0 heterocycles. The van der Waals surface area contributed by atoms with Gasteiger partial charge in [0.25, 0.3) is 0 Å². The zero-order valence-electron chi connectivity index (χ0n) is 9.23. The first-order valence-corrected chi connectivity index (χ1v) is 5.64. The van der Waals surface area contributed by atoms with Crippen LogP contribution in [0.2, 0.25) is 0 Å². The Kier molecular flexibility index (Phi) is 2.63. The van der Waals surface area contributed by atoms with Crippen molar-refractivity contribution in [3.63, 3.8) is 0 Å². The van der Waals surface area contributed by atoms with Gasteiger partial charge in [-0.1, -0.05) is 13.3 Å². The Morgan fingerprint density at radius 3 is 2.69 bits per heavy atom. The molecule has 0 aliphatic heterocycles. The van der Waals surface area contributed by atoms with Crippen molar-refractivity contribution < 1.29 is 18.0 Å². The maximum Gasteiger partial charge on any atom is 0.395 e. The molecule has 90 valence electrons. The average Bonchev–Trinajstić information content (AvgIpc) is 2.16. The van der Waals surface area contributed by atoms with Crippen molar-refractivity contribution in [2.24, 2.45) is 11.3 Å². The predicted octanol–water partition coefficient (Wildman–Crippen LogP) is 3.64. The van der Waals surface area contributed by atoms with Gasteiger partial charge in [0.15, 0.2) is 5.78 Å². The number of ketones is 1. The zero-order chi connectivity index (χ0) is 12.0. The summed E-state index contributed by atoms with van der Waals surface area (Å²) in [6.45, 7) is 1.86. The third kappa shape index (κ3) is 1.89. The van der Waals surface area contributed by atoms with E-state index < -0.39 is 17.5 Å². The maximum absolute atomic E-state index is 12.9. The van der Waals surface area contributed by atoms with Gasteiger partial charge in [-0.05, 0) is 36.3 Å². The molecule has 4 heteroatoms. The van der Waals surface area contributed by atoms with Crippen LogP contribution in [0.3, 0.4) is 0 Å². The van der Waals surface area contributed by atoms with Crippen LogP contribution < -0.4 is 0 Å². The molecular formula is C12H15F3O. The van der Waals surface area contributed by atoms with Gasteiger partial charge < -0.3 is 0 Å². The molecule has 1 unspecified atom stereocenters. The number of allylic oxidation sites excluding steroid dienone is 2. The fraction of sp³-hybridized carbons (Fsp3) is 0.750. The van der Waals surface area contributed by atoms with E-state index in [-0.39, 0.29) is 12.2 Å². The molecule has 2 aliphatic carbocycles. The van der Waals surface area contributed by atoms with Crippen molar-refractivity contribution in [2.45, 2.75) is 45.2 Å². The second-order valence-electron chi connectivity index (χ2n) is 5.11. The van der Waals surface area contributed by atoms with Crippen molar-refractivity contribution in [2.75, 3.05) is 0 Å². The van der Waals surface area contributed by atoms with E-state index in [9.17, 15) is 18.0 Å². The van der Waals surface area contributed by atoms with E-state index in [4.69, 9.17) is 0 Å². The molecule has 0 aromatic heterocycles. The minimum Gasteiger partial charge on any atom is -0.295 e. The van der Waals surface area contributed by atoms with E-state index in [1.165, 1.54) is 6.08 Å². The van der Waals surface area contributed by atoms with E-state index in [1.54, 1.807) is 0 Å². The largest absolute Gasteiger partial charge is 0.395 e. The fourth-order valence-corrected chi connectivity index (χ4v) is 2.95. The predicted molar refractivity (Wildman–Crippen MR) is 53.8 cm³/mol. The van der Waals surface area contributed by atoms with Gasteiger partial charge in [0.05, 0.1) is 5.92 Å². The lowest BCUT2D eigenvalue weighted by Crippen LogP contribution is -2.39. The van der Waals surface area contributed by atoms with Crippen LogP contribution in [0.4, 0.5) is 13.2 Å². The summed E-state index contributed by atoms with van der Waals surface area (Å²) in [5.41, 5.74) is -0.0608. The van der Waals surface area contributed by atoms with Crippen LogP contribution in [0.15, 0.2) is 11.6 Å². The van der Waals surface area contributed by atoms with Crippen LogP contribution in [0.5, 0.6) is 0 Å². The number of halogens is 3. The third-order valence-corrected chi connectivity index (χ3v) is 3.93. The number of hydrogen-bond acceptors (Lipinski definition) is 1. The van der Waals surface area contributed by atoms with Crippen LogP contribution in [0.1, 0.15) is 39.0 Å². The smallest absolute Gasteiger partial charge is 0.295 e. The summed E-state index contributed by atoms with van der Waals surface area (Å²) < 4.78 is 38.6. The molecule has 1 nitrogen and oxygen atoms in total. The Balaban J connectivity index is 2.39. The molecule has 0 saturated heterocycles. The molecule has 16 heavy (non-hydrogen) atoms. The highest BCUT2D eigenvalue weighted by Gasteiger charge is 2.50. The van der Waals surface area contributed by atoms with E-state index in [0.717, 1.165) is 6.42 Å². The first-order chi connectivity index (χ1) is 7.33. The summed E-state index contributed by atoms with van der Waals surface area (Å²) in [4.78, 5) is 11.3. The second kappa shape index (κ2) is 3.60. The summed E-state index contributed by atoms with van der Waals surface area (Å²) in [6, 6.07) is 0. The molecule has 1 saturated carbocycles. The molecule has 0 radical (unpaired) electrons. The minimum atomic E-state index is -4.20. The Bertz CT molecular complexity index is 343. The molecule has 0 aromatic rings. The molecule has 0 N–H and O–H groups in total. The van der Waals surface area contributed by atoms with Gasteiger partial charge in [-0.3, -0.25) is 4.79 Å². The zero-order valence-corrected chi connectivity index (χ0v) is 9.23. The molecular weight excluding hydrogens is 217 g/mol. The Hall–Kier alpha value is -0.800. The van der Waals surface area contributed by atoms with Gasteiger partial charge in [0, 0.05) is 6.42 Å². The number of carbonyl (C=O) groups is 1. The van der Waals surface area contributed by atoms with Crippen molar-refractivity contribution in [1.29, 1.82) is 0 Å². The molecule has 2 rings (SSSR count). The number of alkyl halides is 3. The van der Waals surface area contributed by atoms with Crippen molar-refractivity contribution >= 4 is 5.78 Å². The number of rotatable bonds is 0. The SMILES string of the molecule is C[C@@]12CCCC(C(F)(F)F)C1=CC(=O)CC2. The highest BCUT2D eigenvalue weighted by molar-refractivity contribution is 5.91. The normalized spacial score (nSPS) is 35.6. The lowest BCUT2D eigenvalue weighted by atomic mass is 9.62. The molecule has 0 aromatic carbocycles. The van der Waals surface area contributed by atoms with Crippen LogP contribution in [0.25, 0.3) is 0 Å². The van der Waals surface area contributed by atoms with Crippen LogP contribution in [0, 0.1) is 11.3 Å². The fourth-order valence-electron chi connectivity index (χ4n) is 2.95. The lowest BCUT2D eigenvalue weighted by molar-refractivity contribution is -0.174. The molecule has 0 amide bonds. The third-order valence-electron chi connectivity index (χ3n) is 3.93. The standard InChI is InChI=1S/C12H15F3O/c1-11-5-2-3-9(12(13,14)15)10(11)7-8(16)4-6-11/h7,9H,2-6H2,1H3/t9?,11-/m0/s1. The molecule has 2 aliphatic rings. The highest BCUT2D eigenvalue weighted by atomic mass is 19.4. The van der Waals surface area contributed by atoms with Gasteiger partial charge in [-0.2, -0.15) is 13.2 Å². The maximum atomic E-state index is 12.9. The number of fused-ring (bicyclic) bond motifs is 1. The quantitative estimate of drug-likeness (QED) is 0.623. The summed E-state index contributed by atoms with van der Waals surface area (Å²) in [5.74, 6) is -1.54. The van der Waals surface area contributed by atoms with Crippen molar-refractivity contribution in [3.05, 3.63) is 11.6 Å². The van der Waals surface area contributed by atoms with Gasteiger partial charge in [-0.15, -0.1) is 0 Å². The second-order valence-corrected chi connectivity index (χ2v) is 5.11. The topological polar surface area (TPSA) is 17.1 Å². The monoisotopic (exact) mass is 232 g/mol. The Morgan fingerprint density at radius 2 is 2.06 bits per heavy atom. The Labute approximate surface area is 92.7 Å². The van der Waals surface area contributed by atoms with Crippen molar-refractivity contribution in [3.8, 4) is 0 Å². The van der Waals surface area contributed by atoms with Gasteiger partial charge in [0.1, 0.15) is 0 Å². The van der Waals surface area contributed by atoms with Gasteiger partial charge >= 0.3 is 6.18 Å². The van der Waals surface area contributed by atoms with Crippen molar-refractivity contribution in [1.82, 2.24) is 0 Å². The molecule has 0 spiro atoms. The Morgan fingerprint density at radius 1 is 1.38 bits per heavy atom. The summed E-state index contributed by atoms with van der Waals surface area (Å²) in [6.07, 6.45) is -0.454. The number of hydrogen-bond donors (Lipinski definition) is 0.